The molecule has 142 valence electrons. The highest BCUT2D eigenvalue weighted by molar-refractivity contribution is 7.23. The Morgan fingerprint density at radius 2 is 2.22 bits per heavy atom. The fourth-order valence-electron chi connectivity index (χ4n) is 4.13. The zero-order valence-electron chi connectivity index (χ0n) is 15.6. The number of hydrogen-bond donors (Lipinski definition) is 2. The van der Waals surface area contributed by atoms with Gasteiger partial charge in [0.15, 0.2) is 0 Å². The molecule has 0 saturated carbocycles. The average Bonchev–Trinajstić information content (AvgIpc) is 3.41. The molecule has 1 fully saturated rings. The molecule has 7 nitrogen and oxygen atoms in total. The van der Waals surface area contributed by atoms with E-state index < -0.39 is 0 Å². The van der Waals surface area contributed by atoms with Crippen molar-refractivity contribution in [3.8, 4) is 5.75 Å². The first-order chi connectivity index (χ1) is 13.2. The molecule has 0 radical (unpaired) electrons. The van der Waals surface area contributed by atoms with Gasteiger partial charge in [-0.2, -0.15) is 0 Å². The fourth-order valence-corrected chi connectivity index (χ4v) is 5.29. The van der Waals surface area contributed by atoms with Crippen LogP contribution in [0.15, 0.2) is 30.7 Å². The van der Waals surface area contributed by atoms with Crippen LogP contribution >= 0.6 is 11.3 Å². The number of fused-ring (bicyclic) bond motifs is 2. The highest BCUT2D eigenvalue weighted by Crippen LogP contribution is 2.41. The van der Waals surface area contributed by atoms with Crippen molar-refractivity contribution in [2.75, 3.05) is 36.8 Å². The molecule has 0 amide bonds. The molecule has 2 aliphatic rings. The maximum atomic E-state index is 6.65. The van der Waals surface area contributed by atoms with Crippen molar-refractivity contribution in [1.82, 2.24) is 15.0 Å². The van der Waals surface area contributed by atoms with Crippen LogP contribution in [-0.4, -0.2) is 42.6 Å². The van der Waals surface area contributed by atoms with Crippen molar-refractivity contribution < 1.29 is 4.74 Å². The molecule has 0 aliphatic carbocycles. The molecular weight excluding hydrogens is 360 g/mol. The summed E-state index contributed by atoms with van der Waals surface area (Å²) in [6, 6.07) is 6.96. The first-order valence-electron chi connectivity index (χ1n) is 9.26. The molecule has 2 unspecified atom stereocenters. The third-order valence-electron chi connectivity index (χ3n) is 5.53. The van der Waals surface area contributed by atoms with E-state index in [4.69, 9.17) is 10.5 Å². The first kappa shape index (κ1) is 16.9. The minimum atomic E-state index is -0.224. The summed E-state index contributed by atoms with van der Waals surface area (Å²) in [5.41, 5.74) is 8.87. The zero-order valence-corrected chi connectivity index (χ0v) is 16.4. The lowest BCUT2D eigenvalue weighted by Crippen LogP contribution is -2.58. The van der Waals surface area contributed by atoms with E-state index in [1.54, 1.807) is 18.4 Å². The van der Waals surface area contributed by atoms with E-state index in [9.17, 15) is 0 Å². The Hall–Kier alpha value is -2.29. The van der Waals surface area contributed by atoms with E-state index in [2.05, 4.69) is 50.0 Å². The SMILES string of the molecule is COc1cc(C)cc2cc(N3CN(C4CCNC4)n4cncc4C3N)sc12. The monoisotopic (exact) mass is 384 g/mol. The van der Waals surface area contributed by atoms with Crippen LogP contribution in [0, 0.1) is 6.92 Å². The number of nitrogens with one attached hydrogen (secondary N) is 1. The van der Waals surface area contributed by atoms with Gasteiger partial charge in [0, 0.05) is 6.54 Å². The Kier molecular flexibility index (Phi) is 3.99. The molecule has 2 aromatic heterocycles. The number of rotatable bonds is 3. The van der Waals surface area contributed by atoms with Crippen molar-refractivity contribution in [1.29, 1.82) is 0 Å². The Morgan fingerprint density at radius 3 is 3.00 bits per heavy atom. The highest BCUT2D eigenvalue weighted by atomic mass is 32.1. The van der Waals surface area contributed by atoms with Crippen molar-refractivity contribution in [3.05, 3.63) is 42.0 Å². The predicted octanol–water partition coefficient (Wildman–Crippen LogP) is 2.15. The van der Waals surface area contributed by atoms with E-state index in [0.29, 0.717) is 6.04 Å². The molecule has 4 heterocycles. The van der Waals surface area contributed by atoms with Gasteiger partial charge in [0.05, 0.1) is 34.7 Å². The maximum Gasteiger partial charge on any atom is 0.136 e. The van der Waals surface area contributed by atoms with Crippen molar-refractivity contribution in [2.45, 2.75) is 25.6 Å². The molecule has 3 N–H and O–H groups in total. The predicted molar refractivity (Wildman–Crippen MR) is 109 cm³/mol. The maximum absolute atomic E-state index is 6.65. The number of ether oxygens (including phenoxy) is 1. The van der Waals surface area contributed by atoms with Gasteiger partial charge in [0.1, 0.15) is 24.9 Å². The lowest BCUT2D eigenvalue weighted by molar-refractivity contribution is 0.406. The van der Waals surface area contributed by atoms with Gasteiger partial charge in [-0.15, -0.1) is 11.3 Å². The van der Waals surface area contributed by atoms with Crippen molar-refractivity contribution >= 4 is 26.4 Å². The normalized spacial score (nSPS) is 22.5. The second kappa shape index (κ2) is 6.40. The summed E-state index contributed by atoms with van der Waals surface area (Å²) in [6.07, 6.45) is 4.66. The van der Waals surface area contributed by atoms with Gasteiger partial charge in [-0.3, -0.25) is 5.01 Å². The topological polar surface area (TPSA) is 71.6 Å². The minimum absolute atomic E-state index is 0.224. The summed E-state index contributed by atoms with van der Waals surface area (Å²) >= 11 is 1.74. The van der Waals surface area contributed by atoms with Gasteiger partial charge < -0.3 is 20.7 Å². The van der Waals surface area contributed by atoms with Gasteiger partial charge in [0.2, 0.25) is 0 Å². The third-order valence-corrected chi connectivity index (χ3v) is 6.74. The molecule has 0 bridgehead atoms. The zero-order chi connectivity index (χ0) is 18.5. The highest BCUT2D eigenvalue weighted by Gasteiger charge is 2.35. The van der Waals surface area contributed by atoms with Crippen molar-refractivity contribution in [3.63, 3.8) is 0 Å². The summed E-state index contributed by atoms with van der Waals surface area (Å²) in [7, 11) is 1.73. The summed E-state index contributed by atoms with van der Waals surface area (Å²) in [5, 5.41) is 8.19. The lowest BCUT2D eigenvalue weighted by atomic mass is 10.1. The number of anilines is 1. The summed E-state index contributed by atoms with van der Waals surface area (Å²) in [5.74, 6) is 0.925. The van der Waals surface area contributed by atoms with E-state index in [0.717, 1.165) is 42.6 Å². The van der Waals surface area contributed by atoms with Crippen LogP contribution in [0.1, 0.15) is 23.8 Å². The van der Waals surface area contributed by atoms with E-state index >= 15 is 0 Å². The van der Waals surface area contributed by atoms with Gasteiger partial charge in [-0.05, 0) is 43.0 Å². The number of methoxy groups -OCH3 is 1. The molecule has 1 aromatic carbocycles. The number of aromatic nitrogens is 2. The number of aryl methyl sites for hydroxylation is 1. The van der Waals surface area contributed by atoms with Crippen LogP contribution < -0.4 is 25.7 Å². The van der Waals surface area contributed by atoms with Crippen molar-refractivity contribution in [2.24, 2.45) is 5.73 Å². The van der Waals surface area contributed by atoms with Crippen LogP contribution in [0.4, 0.5) is 5.00 Å². The van der Waals surface area contributed by atoms with Crippen LogP contribution in [0.2, 0.25) is 0 Å². The lowest BCUT2D eigenvalue weighted by Gasteiger charge is -2.44. The molecule has 2 atom stereocenters. The van der Waals surface area contributed by atoms with Crippen LogP contribution in [-0.2, 0) is 0 Å². The average molecular weight is 385 g/mol. The Labute approximate surface area is 162 Å². The molecule has 3 aromatic rings. The van der Waals surface area contributed by atoms with Crippen LogP contribution in [0.25, 0.3) is 10.1 Å². The van der Waals surface area contributed by atoms with E-state index in [1.165, 1.54) is 15.6 Å². The molecule has 8 heteroatoms. The number of benzene rings is 1. The van der Waals surface area contributed by atoms with E-state index in [1.807, 2.05) is 12.5 Å². The summed E-state index contributed by atoms with van der Waals surface area (Å²) in [4.78, 5) is 6.64. The van der Waals surface area contributed by atoms with Crippen LogP contribution in [0.5, 0.6) is 5.75 Å². The molecule has 0 spiro atoms. The Balaban J connectivity index is 1.57. The molecular formula is C19H24N6OS. The number of hydrogen-bond acceptors (Lipinski definition) is 7. The molecule has 1 saturated heterocycles. The quantitative estimate of drug-likeness (QED) is 0.721. The molecule has 5 rings (SSSR count). The minimum Gasteiger partial charge on any atom is -0.495 e. The van der Waals surface area contributed by atoms with Gasteiger partial charge >= 0.3 is 0 Å². The number of thiophene rings is 1. The van der Waals surface area contributed by atoms with Gasteiger partial charge in [-0.1, -0.05) is 6.07 Å². The number of imidazole rings is 1. The standard InChI is InChI=1S/C19H24N6OS/c1-12-5-13-7-17(27-18(13)16(6-12)26-2)23-11-25(14-3-4-21-8-14)24-10-22-9-15(24)19(23)20/h5-7,9-10,14,19,21H,3-4,8,11,20H2,1-2H3. The number of nitrogens with two attached hydrogens (primary N) is 1. The summed E-state index contributed by atoms with van der Waals surface area (Å²) in [6.45, 7) is 4.88. The third kappa shape index (κ3) is 2.67. The van der Waals surface area contributed by atoms with Gasteiger partial charge in [-0.25, -0.2) is 9.66 Å². The smallest absolute Gasteiger partial charge is 0.136 e. The second-order valence-electron chi connectivity index (χ2n) is 7.28. The number of nitrogens with zero attached hydrogens (tertiary/aromatic N) is 4. The Bertz CT molecular complexity index is 976. The Morgan fingerprint density at radius 1 is 1.33 bits per heavy atom. The largest absolute Gasteiger partial charge is 0.495 e. The second-order valence-corrected chi connectivity index (χ2v) is 8.31. The van der Waals surface area contributed by atoms with E-state index in [-0.39, 0.29) is 6.17 Å². The van der Waals surface area contributed by atoms with Crippen LogP contribution in [0.3, 0.4) is 0 Å². The molecule has 2 aliphatic heterocycles. The summed E-state index contributed by atoms with van der Waals surface area (Å²) < 4.78 is 8.91. The van der Waals surface area contributed by atoms with Gasteiger partial charge in [0.25, 0.3) is 0 Å². The fraction of sp³-hybridized carbons (Fsp3) is 0.421. The first-order valence-corrected chi connectivity index (χ1v) is 10.1. The molecule has 27 heavy (non-hydrogen) atoms.